The predicted molar refractivity (Wildman–Crippen MR) is 81.7 cm³/mol. The number of hydrogen-bond donors (Lipinski definition) is 2. The first kappa shape index (κ1) is 12.3. The molecule has 1 aromatic heterocycles. The molecule has 0 unspecified atom stereocenters. The Labute approximate surface area is 116 Å². The third-order valence-electron chi connectivity index (χ3n) is 3.29. The zero-order valence-corrected chi connectivity index (χ0v) is 11.1. The van der Waals surface area contributed by atoms with Crippen LogP contribution in [0.15, 0.2) is 54.7 Å². The van der Waals surface area contributed by atoms with Gasteiger partial charge in [-0.05, 0) is 24.3 Å². The van der Waals surface area contributed by atoms with Crippen molar-refractivity contribution in [3.63, 3.8) is 0 Å². The summed E-state index contributed by atoms with van der Waals surface area (Å²) >= 11 is 0. The Morgan fingerprint density at radius 1 is 1.15 bits per heavy atom. The molecule has 3 aromatic rings. The maximum atomic E-state index is 12.2. The van der Waals surface area contributed by atoms with Crippen molar-refractivity contribution in [2.45, 2.75) is 0 Å². The lowest BCUT2D eigenvalue weighted by Gasteiger charge is -2.04. The molecule has 4 nitrogen and oxygen atoms in total. The fourth-order valence-corrected chi connectivity index (χ4v) is 2.32. The Kier molecular flexibility index (Phi) is 2.91. The van der Waals surface area contributed by atoms with E-state index in [1.807, 2.05) is 42.1 Å². The van der Waals surface area contributed by atoms with Crippen LogP contribution in [-0.2, 0) is 7.05 Å². The van der Waals surface area contributed by atoms with Gasteiger partial charge in [0, 0.05) is 35.4 Å². The fourth-order valence-electron chi connectivity index (χ4n) is 2.32. The van der Waals surface area contributed by atoms with Crippen LogP contribution in [0.4, 0.5) is 11.4 Å². The Hall–Kier alpha value is -2.75. The number of aromatic nitrogens is 1. The monoisotopic (exact) mass is 265 g/mol. The number of aryl methyl sites for hydroxylation is 1. The van der Waals surface area contributed by atoms with E-state index in [0.29, 0.717) is 11.3 Å². The Morgan fingerprint density at radius 3 is 2.75 bits per heavy atom. The first-order valence-electron chi connectivity index (χ1n) is 6.36. The van der Waals surface area contributed by atoms with Crippen LogP contribution in [0.1, 0.15) is 10.4 Å². The average Bonchev–Trinajstić information content (AvgIpc) is 2.76. The largest absolute Gasteiger partial charge is 0.399 e. The number of hydrogen-bond acceptors (Lipinski definition) is 2. The van der Waals surface area contributed by atoms with Gasteiger partial charge in [-0.15, -0.1) is 0 Å². The Morgan fingerprint density at radius 2 is 1.95 bits per heavy atom. The molecule has 3 rings (SSSR count). The molecule has 0 bridgehead atoms. The van der Waals surface area contributed by atoms with Gasteiger partial charge in [0.05, 0.1) is 5.69 Å². The van der Waals surface area contributed by atoms with Gasteiger partial charge in [0.25, 0.3) is 5.91 Å². The molecular weight excluding hydrogens is 250 g/mol. The van der Waals surface area contributed by atoms with Crippen LogP contribution in [0.3, 0.4) is 0 Å². The van der Waals surface area contributed by atoms with Crippen molar-refractivity contribution in [2.24, 2.45) is 7.05 Å². The molecule has 0 aliphatic heterocycles. The van der Waals surface area contributed by atoms with E-state index in [-0.39, 0.29) is 5.91 Å². The topological polar surface area (TPSA) is 60.0 Å². The van der Waals surface area contributed by atoms with Crippen molar-refractivity contribution in [1.82, 2.24) is 4.57 Å². The average molecular weight is 265 g/mol. The van der Waals surface area contributed by atoms with Gasteiger partial charge in [-0.1, -0.05) is 24.3 Å². The minimum atomic E-state index is -0.159. The van der Waals surface area contributed by atoms with E-state index in [1.54, 1.807) is 24.3 Å². The van der Waals surface area contributed by atoms with E-state index in [9.17, 15) is 4.79 Å². The maximum Gasteiger partial charge on any atom is 0.255 e. The van der Waals surface area contributed by atoms with Gasteiger partial charge in [0.15, 0.2) is 0 Å². The van der Waals surface area contributed by atoms with Crippen LogP contribution in [0, 0.1) is 0 Å². The normalized spacial score (nSPS) is 10.7. The number of carbonyl (C=O) groups is 1. The smallest absolute Gasteiger partial charge is 0.255 e. The predicted octanol–water partition coefficient (Wildman–Crippen LogP) is 3.01. The van der Waals surface area contributed by atoms with Crippen molar-refractivity contribution in [3.05, 3.63) is 60.3 Å². The number of nitrogens with two attached hydrogens (primary N) is 1. The zero-order valence-electron chi connectivity index (χ0n) is 11.1. The molecular formula is C16H15N3O. The quantitative estimate of drug-likeness (QED) is 0.700. The van der Waals surface area contributed by atoms with Gasteiger partial charge in [-0.2, -0.15) is 0 Å². The van der Waals surface area contributed by atoms with Crippen LogP contribution >= 0.6 is 0 Å². The molecule has 1 amide bonds. The standard InChI is InChI=1S/C16H15N3O/c1-19-10-14(13-7-2-3-8-15(13)19)18-16(20)11-5-4-6-12(17)9-11/h2-10H,17H2,1H3,(H,18,20). The molecule has 100 valence electrons. The highest BCUT2D eigenvalue weighted by Crippen LogP contribution is 2.25. The summed E-state index contributed by atoms with van der Waals surface area (Å²) < 4.78 is 1.99. The Bertz CT molecular complexity index is 789. The van der Waals surface area contributed by atoms with Crippen molar-refractivity contribution >= 4 is 28.2 Å². The summed E-state index contributed by atoms with van der Waals surface area (Å²) in [5.74, 6) is -0.159. The summed E-state index contributed by atoms with van der Waals surface area (Å²) in [5, 5.41) is 3.95. The summed E-state index contributed by atoms with van der Waals surface area (Å²) in [6, 6.07) is 14.9. The van der Waals surface area contributed by atoms with E-state index >= 15 is 0 Å². The summed E-state index contributed by atoms with van der Waals surface area (Å²) in [6.45, 7) is 0. The van der Waals surface area contributed by atoms with Crippen molar-refractivity contribution in [2.75, 3.05) is 11.1 Å². The number of nitrogens with zero attached hydrogens (tertiary/aromatic N) is 1. The van der Waals surface area contributed by atoms with Crippen LogP contribution in [-0.4, -0.2) is 10.5 Å². The number of para-hydroxylation sites is 1. The molecule has 2 aromatic carbocycles. The maximum absolute atomic E-state index is 12.2. The number of carbonyl (C=O) groups excluding carboxylic acids is 1. The third-order valence-corrected chi connectivity index (χ3v) is 3.29. The lowest BCUT2D eigenvalue weighted by molar-refractivity contribution is 0.102. The molecule has 0 atom stereocenters. The van der Waals surface area contributed by atoms with Gasteiger partial charge in [0.1, 0.15) is 0 Å². The number of nitrogen functional groups attached to an aromatic ring is 1. The van der Waals surface area contributed by atoms with E-state index in [0.717, 1.165) is 16.6 Å². The SMILES string of the molecule is Cn1cc(NC(=O)c2cccc(N)c2)c2ccccc21. The second-order valence-corrected chi connectivity index (χ2v) is 4.75. The molecule has 4 heteroatoms. The minimum Gasteiger partial charge on any atom is -0.399 e. The summed E-state index contributed by atoms with van der Waals surface area (Å²) in [4.78, 5) is 12.2. The second-order valence-electron chi connectivity index (χ2n) is 4.75. The molecule has 3 N–H and O–H groups in total. The first-order chi connectivity index (χ1) is 9.65. The van der Waals surface area contributed by atoms with Gasteiger partial charge in [0.2, 0.25) is 0 Å². The zero-order chi connectivity index (χ0) is 14.1. The summed E-state index contributed by atoms with van der Waals surface area (Å²) in [6.07, 6.45) is 1.91. The first-order valence-corrected chi connectivity index (χ1v) is 6.36. The highest BCUT2D eigenvalue weighted by atomic mass is 16.1. The van der Waals surface area contributed by atoms with Gasteiger partial charge in [-0.3, -0.25) is 4.79 Å². The van der Waals surface area contributed by atoms with Gasteiger partial charge < -0.3 is 15.6 Å². The van der Waals surface area contributed by atoms with Crippen molar-refractivity contribution < 1.29 is 4.79 Å². The van der Waals surface area contributed by atoms with Crippen LogP contribution < -0.4 is 11.1 Å². The van der Waals surface area contributed by atoms with E-state index in [2.05, 4.69) is 5.32 Å². The molecule has 0 aliphatic rings. The third kappa shape index (κ3) is 2.12. The molecule has 20 heavy (non-hydrogen) atoms. The number of rotatable bonds is 2. The molecule has 1 heterocycles. The second kappa shape index (κ2) is 4.74. The molecule has 0 fully saturated rings. The number of benzene rings is 2. The van der Waals surface area contributed by atoms with Gasteiger partial charge >= 0.3 is 0 Å². The van der Waals surface area contributed by atoms with Crippen molar-refractivity contribution in [3.8, 4) is 0 Å². The van der Waals surface area contributed by atoms with E-state index in [4.69, 9.17) is 5.73 Å². The highest BCUT2D eigenvalue weighted by molar-refractivity contribution is 6.09. The van der Waals surface area contributed by atoms with E-state index in [1.165, 1.54) is 0 Å². The Balaban J connectivity index is 1.95. The molecule has 0 radical (unpaired) electrons. The molecule has 0 aliphatic carbocycles. The molecule has 0 saturated carbocycles. The minimum absolute atomic E-state index is 0.159. The molecule has 0 saturated heterocycles. The summed E-state index contributed by atoms with van der Waals surface area (Å²) in [7, 11) is 1.96. The lowest BCUT2D eigenvalue weighted by atomic mass is 10.2. The van der Waals surface area contributed by atoms with Crippen molar-refractivity contribution in [1.29, 1.82) is 0 Å². The number of nitrogens with one attached hydrogen (secondary N) is 1. The fraction of sp³-hybridized carbons (Fsp3) is 0.0625. The van der Waals surface area contributed by atoms with Crippen LogP contribution in [0.25, 0.3) is 10.9 Å². The number of fused-ring (bicyclic) bond motifs is 1. The lowest BCUT2D eigenvalue weighted by Crippen LogP contribution is -2.11. The number of anilines is 2. The van der Waals surface area contributed by atoms with E-state index < -0.39 is 0 Å². The molecule has 0 spiro atoms. The highest BCUT2D eigenvalue weighted by Gasteiger charge is 2.10. The van der Waals surface area contributed by atoms with Crippen LogP contribution in [0.2, 0.25) is 0 Å². The summed E-state index contributed by atoms with van der Waals surface area (Å²) in [5.41, 5.74) is 8.71. The van der Waals surface area contributed by atoms with Crippen LogP contribution in [0.5, 0.6) is 0 Å². The van der Waals surface area contributed by atoms with Gasteiger partial charge in [-0.25, -0.2) is 0 Å². The number of amides is 1.